The molecule has 0 unspecified atom stereocenters. The summed E-state index contributed by atoms with van der Waals surface area (Å²) in [6, 6.07) is 0. The van der Waals surface area contributed by atoms with Gasteiger partial charge in [-0.25, -0.2) is 0 Å². The van der Waals surface area contributed by atoms with Crippen LogP contribution in [0, 0.1) is 0 Å². The second kappa shape index (κ2) is 4.17. The first-order valence-electron chi connectivity index (χ1n) is 6.06. The number of hydrogen-bond acceptors (Lipinski definition) is 5. The molecule has 0 spiro atoms. The Labute approximate surface area is 102 Å². The molecule has 0 aromatic carbocycles. The van der Waals surface area contributed by atoms with Gasteiger partial charge in [0.2, 0.25) is 0 Å². The Morgan fingerprint density at radius 2 is 1.41 bits per heavy atom. The molecule has 1 N–H and O–H groups in total. The highest BCUT2D eigenvalue weighted by Gasteiger charge is 2.52. The molecule has 5 nitrogen and oxygen atoms in total. The van der Waals surface area contributed by atoms with Crippen LogP contribution in [0.3, 0.4) is 0 Å². The van der Waals surface area contributed by atoms with Crippen molar-refractivity contribution in [2.24, 2.45) is 0 Å². The summed E-state index contributed by atoms with van der Waals surface area (Å²) >= 11 is 0. The number of ether oxygens (including phenoxy) is 4. The minimum absolute atomic E-state index is 0.0819. The summed E-state index contributed by atoms with van der Waals surface area (Å²) in [6.07, 6.45) is -0.966. The molecule has 0 bridgehead atoms. The van der Waals surface area contributed by atoms with Crippen molar-refractivity contribution in [1.82, 2.24) is 0 Å². The predicted molar refractivity (Wildman–Crippen MR) is 60.4 cm³/mol. The Morgan fingerprint density at radius 3 is 1.88 bits per heavy atom. The van der Waals surface area contributed by atoms with E-state index in [0.29, 0.717) is 0 Å². The van der Waals surface area contributed by atoms with E-state index in [0.717, 1.165) is 0 Å². The fraction of sp³-hybridized carbons (Fsp3) is 1.00. The highest BCUT2D eigenvalue weighted by atomic mass is 16.8. The second-order valence-electron chi connectivity index (χ2n) is 5.63. The van der Waals surface area contributed by atoms with E-state index in [-0.39, 0.29) is 31.0 Å². The van der Waals surface area contributed by atoms with Crippen LogP contribution in [0.25, 0.3) is 0 Å². The van der Waals surface area contributed by atoms with Gasteiger partial charge in [0.25, 0.3) is 0 Å². The summed E-state index contributed by atoms with van der Waals surface area (Å²) in [6.45, 7) is 9.28. The van der Waals surface area contributed by atoms with Crippen molar-refractivity contribution >= 4 is 0 Å². The maximum atomic E-state index is 9.34. The van der Waals surface area contributed by atoms with E-state index in [2.05, 4.69) is 0 Å². The molecule has 2 fully saturated rings. The first-order valence-corrected chi connectivity index (χ1v) is 6.06. The topological polar surface area (TPSA) is 57.2 Å². The Morgan fingerprint density at radius 1 is 0.882 bits per heavy atom. The van der Waals surface area contributed by atoms with Gasteiger partial charge >= 0.3 is 0 Å². The molecule has 0 aromatic rings. The molecule has 2 rings (SSSR count). The van der Waals surface area contributed by atoms with E-state index in [4.69, 9.17) is 18.9 Å². The van der Waals surface area contributed by atoms with Gasteiger partial charge < -0.3 is 24.1 Å². The van der Waals surface area contributed by atoms with Gasteiger partial charge in [-0.05, 0) is 34.6 Å². The maximum absolute atomic E-state index is 9.34. The van der Waals surface area contributed by atoms with Gasteiger partial charge in [-0.1, -0.05) is 0 Å². The van der Waals surface area contributed by atoms with E-state index in [9.17, 15) is 5.11 Å². The van der Waals surface area contributed by atoms with Crippen LogP contribution >= 0.6 is 0 Å². The fourth-order valence-corrected chi connectivity index (χ4v) is 2.58. The number of aliphatic hydroxyl groups excluding tert-OH is 1. The fourth-order valence-electron chi connectivity index (χ4n) is 2.58. The van der Waals surface area contributed by atoms with Crippen molar-refractivity contribution in [3.8, 4) is 0 Å². The third kappa shape index (κ3) is 2.63. The molecule has 17 heavy (non-hydrogen) atoms. The first-order chi connectivity index (χ1) is 7.74. The van der Waals surface area contributed by atoms with Gasteiger partial charge in [-0.15, -0.1) is 0 Å². The van der Waals surface area contributed by atoms with Gasteiger partial charge in [0.1, 0.15) is 18.3 Å². The van der Waals surface area contributed by atoms with Crippen LogP contribution in [0.4, 0.5) is 0 Å². The number of aliphatic hydroxyl groups is 1. The molecule has 2 saturated heterocycles. The molecule has 4 atom stereocenters. The first kappa shape index (κ1) is 13.2. The van der Waals surface area contributed by atoms with Crippen molar-refractivity contribution in [2.75, 3.05) is 6.61 Å². The minimum Gasteiger partial charge on any atom is -0.394 e. The van der Waals surface area contributed by atoms with Crippen molar-refractivity contribution in [3.63, 3.8) is 0 Å². The molecule has 100 valence electrons. The summed E-state index contributed by atoms with van der Waals surface area (Å²) in [4.78, 5) is 0. The Bertz CT molecular complexity index is 289. The van der Waals surface area contributed by atoms with Crippen molar-refractivity contribution in [2.45, 2.75) is 70.6 Å². The largest absolute Gasteiger partial charge is 0.394 e. The zero-order chi connectivity index (χ0) is 12.8. The molecule has 0 aromatic heterocycles. The number of rotatable bonds is 2. The van der Waals surface area contributed by atoms with E-state index >= 15 is 0 Å². The third-order valence-corrected chi connectivity index (χ3v) is 3.08. The Balaban J connectivity index is 2.12. The summed E-state index contributed by atoms with van der Waals surface area (Å²) in [5, 5.41) is 9.34. The molecule has 5 heteroatoms. The van der Waals surface area contributed by atoms with E-state index in [1.807, 2.05) is 34.6 Å². The molecule has 0 radical (unpaired) electrons. The van der Waals surface area contributed by atoms with Gasteiger partial charge in [0.15, 0.2) is 11.6 Å². The highest BCUT2D eigenvalue weighted by molar-refractivity contribution is 4.93. The Hall–Kier alpha value is -0.200. The van der Waals surface area contributed by atoms with Crippen molar-refractivity contribution < 1.29 is 24.1 Å². The third-order valence-electron chi connectivity index (χ3n) is 3.08. The van der Waals surface area contributed by atoms with Crippen LogP contribution in [-0.4, -0.2) is 47.7 Å². The quantitative estimate of drug-likeness (QED) is 0.789. The summed E-state index contributed by atoms with van der Waals surface area (Å²) in [5.74, 6) is -1.30. The molecule has 0 aliphatic carbocycles. The highest BCUT2D eigenvalue weighted by Crippen LogP contribution is 2.37. The summed E-state index contributed by atoms with van der Waals surface area (Å²) in [5.41, 5.74) is 0. The smallest absolute Gasteiger partial charge is 0.164 e. The van der Waals surface area contributed by atoms with E-state index in [1.54, 1.807) is 0 Å². The molecule has 0 amide bonds. The van der Waals surface area contributed by atoms with Crippen molar-refractivity contribution in [1.29, 1.82) is 0 Å². The zero-order valence-corrected chi connectivity index (χ0v) is 11.1. The molecular formula is C12H22O5. The zero-order valence-electron chi connectivity index (χ0n) is 11.1. The van der Waals surface area contributed by atoms with Crippen LogP contribution in [0.5, 0.6) is 0 Å². The van der Waals surface area contributed by atoms with Gasteiger partial charge in [0, 0.05) is 0 Å². The number of hydrogen-bond donors (Lipinski definition) is 1. The van der Waals surface area contributed by atoms with Crippen LogP contribution in [-0.2, 0) is 18.9 Å². The lowest BCUT2D eigenvalue weighted by Crippen LogP contribution is -2.42. The lowest BCUT2D eigenvalue weighted by atomic mass is 10.0. The average molecular weight is 246 g/mol. The van der Waals surface area contributed by atoms with Crippen molar-refractivity contribution in [3.05, 3.63) is 0 Å². The lowest BCUT2D eigenvalue weighted by molar-refractivity contribution is -0.175. The molecular weight excluding hydrogens is 224 g/mol. The second-order valence-corrected chi connectivity index (χ2v) is 5.63. The van der Waals surface area contributed by atoms with Crippen LogP contribution in [0.1, 0.15) is 34.6 Å². The standard InChI is InChI=1S/C12H22O5/c1-7-9(16-11(2,3)14-7)10-8(6-13)15-12(4,5)17-10/h7-10,13H,6H2,1-5H3/t7-,8+,9+,10-/m0/s1. The Kier molecular flexibility index (Phi) is 3.25. The molecule has 0 saturated carbocycles. The molecule has 2 aliphatic rings. The van der Waals surface area contributed by atoms with Crippen LogP contribution in [0.2, 0.25) is 0 Å². The normalized spacial score (nSPS) is 44.1. The van der Waals surface area contributed by atoms with Crippen LogP contribution in [0.15, 0.2) is 0 Å². The minimum atomic E-state index is -0.687. The van der Waals surface area contributed by atoms with E-state index in [1.165, 1.54) is 0 Å². The maximum Gasteiger partial charge on any atom is 0.164 e. The predicted octanol–water partition coefficient (Wildman–Crippen LogP) is 1.04. The molecule has 2 aliphatic heterocycles. The summed E-state index contributed by atoms with van der Waals surface area (Å²) in [7, 11) is 0. The average Bonchev–Trinajstić information content (AvgIpc) is 2.62. The van der Waals surface area contributed by atoms with Gasteiger partial charge in [-0.2, -0.15) is 0 Å². The summed E-state index contributed by atoms with van der Waals surface area (Å²) < 4.78 is 23.0. The van der Waals surface area contributed by atoms with Gasteiger partial charge in [0.05, 0.1) is 12.7 Å². The van der Waals surface area contributed by atoms with E-state index < -0.39 is 11.6 Å². The monoisotopic (exact) mass is 246 g/mol. The lowest BCUT2D eigenvalue weighted by Gasteiger charge is -2.24. The van der Waals surface area contributed by atoms with Gasteiger partial charge in [-0.3, -0.25) is 0 Å². The SMILES string of the molecule is C[C@@H]1OC(C)(C)O[C@H]1[C@H]1OC(C)(C)O[C@@H]1CO. The molecule has 2 heterocycles. The van der Waals surface area contributed by atoms with Crippen LogP contribution < -0.4 is 0 Å².